The monoisotopic (exact) mass is 213 g/mol. The fourth-order valence-electron chi connectivity index (χ4n) is 1.10. The van der Waals surface area contributed by atoms with Crippen molar-refractivity contribution in [1.82, 2.24) is 0 Å². The third-order valence-corrected chi connectivity index (χ3v) is 1.77. The van der Waals surface area contributed by atoms with Gasteiger partial charge in [0, 0.05) is 6.07 Å². The van der Waals surface area contributed by atoms with Crippen LogP contribution in [0, 0.1) is 23.0 Å². The van der Waals surface area contributed by atoms with Crippen molar-refractivity contribution in [2.24, 2.45) is 0 Å². The summed E-state index contributed by atoms with van der Waals surface area (Å²) < 4.78 is 36.3. The Hall–Kier alpha value is -1.83. The van der Waals surface area contributed by atoms with E-state index in [4.69, 9.17) is 10.00 Å². The van der Waals surface area contributed by atoms with Crippen molar-refractivity contribution in [3.05, 3.63) is 23.3 Å². The quantitative estimate of drug-likeness (QED) is 0.773. The molecule has 5 heteroatoms. The maximum absolute atomic E-state index is 13.4. The fourth-order valence-corrected chi connectivity index (χ4v) is 1.10. The minimum atomic E-state index is -1.01. The van der Waals surface area contributed by atoms with E-state index in [0.29, 0.717) is 0 Å². The van der Waals surface area contributed by atoms with Gasteiger partial charge in [-0.3, -0.25) is 0 Å². The molecule has 1 aromatic carbocycles. The van der Waals surface area contributed by atoms with Gasteiger partial charge >= 0.3 is 0 Å². The third kappa shape index (κ3) is 1.99. The predicted octanol–water partition coefficient (Wildman–Crippen LogP) is 2.24. The third-order valence-electron chi connectivity index (χ3n) is 1.77. The zero-order valence-electron chi connectivity index (χ0n) is 8.30. The van der Waals surface area contributed by atoms with E-state index in [-0.39, 0.29) is 18.1 Å². The van der Waals surface area contributed by atoms with E-state index in [1.165, 1.54) is 13.2 Å². The molecule has 0 unspecified atom stereocenters. The summed E-state index contributed by atoms with van der Waals surface area (Å²) in [6.07, 6.45) is 0. The molecule has 0 saturated heterocycles. The van der Waals surface area contributed by atoms with Crippen LogP contribution in [0.2, 0.25) is 0 Å². The van der Waals surface area contributed by atoms with Crippen LogP contribution < -0.4 is 9.47 Å². The van der Waals surface area contributed by atoms with Crippen LogP contribution in [-0.4, -0.2) is 13.7 Å². The number of rotatable bonds is 3. The Balaban J connectivity index is 3.39. The molecule has 0 bridgehead atoms. The van der Waals surface area contributed by atoms with Gasteiger partial charge in [0.25, 0.3) is 0 Å². The Labute approximate surface area is 85.8 Å². The van der Waals surface area contributed by atoms with Crippen LogP contribution >= 0.6 is 0 Å². The van der Waals surface area contributed by atoms with E-state index < -0.39 is 17.2 Å². The van der Waals surface area contributed by atoms with Gasteiger partial charge in [-0.2, -0.15) is 5.26 Å². The molecule has 0 aromatic heterocycles. The first-order valence-electron chi connectivity index (χ1n) is 4.24. The summed E-state index contributed by atoms with van der Waals surface area (Å²) >= 11 is 0. The fraction of sp³-hybridized carbons (Fsp3) is 0.300. The minimum absolute atomic E-state index is 0.188. The number of hydrogen-bond donors (Lipinski definition) is 0. The van der Waals surface area contributed by atoms with Crippen molar-refractivity contribution in [3.63, 3.8) is 0 Å². The lowest BCUT2D eigenvalue weighted by Crippen LogP contribution is -2.01. The minimum Gasteiger partial charge on any atom is -0.493 e. The van der Waals surface area contributed by atoms with E-state index in [2.05, 4.69) is 4.74 Å². The van der Waals surface area contributed by atoms with Crippen LogP contribution in [0.15, 0.2) is 6.07 Å². The number of ether oxygens (including phenoxy) is 2. The Morgan fingerprint density at radius 3 is 2.40 bits per heavy atom. The van der Waals surface area contributed by atoms with Gasteiger partial charge in [0.05, 0.1) is 13.7 Å². The summed E-state index contributed by atoms with van der Waals surface area (Å²) in [4.78, 5) is 0. The number of methoxy groups -OCH3 is 1. The highest BCUT2D eigenvalue weighted by molar-refractivity contribution is 5.47. The summed E-state index contributed by atoms with van der Waals surface area (Å²) in [5, 5.41) is 8.57. The van der Waals surface area contributed by atoms with E-state index >= 15 is 0 Å². The van der Waals surface area contributed by atoms with Crippen LogP contribution in [0.5, 0.6) is 11.5 Å². The van der Waals surface area contributed by atoms with Crippen molar-refractivity contribution >= 4 is 0 Å². The SMILES string of the molecule is CCOc1cc(OC)c(F)c(C#N)c1F. The average molecular weight is 213 g/mol. The van der Waals surface area contributed by atoms with Crippen molar-refractivity contribution in [3.8, 4) is 17.6 Å². The van der Waals surface area contributed by atoms with Gasteiger partial charge in [0.15, 0.2) is 23.1 Å². The highest BCUT2D eigenvalue weighted by Crippen LogP contribution is 2.30. The summed E-state index contributed by atoms with van der Waals surface area (Å²) in [6, 6.07) is 2.51. The summed E-state index contributed by atoms with van der Waals surface area (Å²) in [5.74, 6) is -2.41. The van der Waals surface area contributed by atoms with Crippen LogP contribution in [-0.2, 0) is 0 Å². The lowest BCUT2D eigenvalue weighted by atomic mass is 10.2. The smallest absolute Gasteiger partial charge is 0.186 e. The van der Waals surface area contributed by atoms with E-state index in [0.717, 1.165) is 6.07 Å². The van der Waals surface area contributed by atoms with Gasteiger partial charge in [-0.25, -0.2) is 8.78 Å². The number of nitriles is 1. The molecule has 0 saturated carbocycles. The summed E-state index contributed by atoms with van der Waals surface area (Å²) in [5.41, 5.74) is -0.696. The van der Waals surface area contributed by atoms with Crippen LogP contribution in [0.4, 0.5) is 8.78 Å². The molecule has 1 aromatic rings. The Bertz CT molecular complexity index is 413. The Morgan fingerprint density at radius 2 is 1.93 bits per heavy atom. The lowest BCUT2D eigenvalue weighted by Gasteiger charge is -2.09. The predicted molar refractivity (Wildman–Crippen MR) is 48.8 cm³/mol. The first-order chi connectivity index (χ1) is 7.15. The molecular formula is C10H9F2NO2. The normalized spacial score (nSPS) is 9.53. The first-order valence-corrected chi connectivity index (χ1v) is 4.24. The summed E-state index contributed by atoms with van der Waals surface area (Å²) in [6.45, 7) is 1.87. The molecule has 0 amide bonds. The van der Waals surface area contributed by atoms with Gasteiger partial charge in [0.2, 0.25) is 0 Å². The van der Waals surface area contributed by atoms with Crippen LogP contribution in [0.1, 0.15) is 12.5 Å². The molecule has 0 aliphatic rings. The molecule has 0 spiro atoms. The largest absolute Gasteiger partial charge is 0.493 e. The van der Waals surface area contributed by atoms with Crippen molar-refractivity contribution < 1.29 is 18.3 Å². The van der Waals surface area contributed by atoms with Gasteiger partial charge in [-0.15, -0.1) is 0 Å². The van der Waals surface area contributed by atoms with E-state index in [1.807, 2.05) is 0 Å². The van der Waals surface area contributed by atoms with Crippen LogP contribution in [0.3, 0.4) is 0 Å². The zero-order chi connectivity index (χ0) is 11.4. The van der Waals surface area contributed by atoms with Crippen molar-refractivity contribution in [1.29, 1.82) is 5.26 Å². The van der Waals surface area contributed by atoms with Gasteiger partial charge in [-0.1, -0.05) is 0 Å². The molecule has 0 fully saturated rings. The lowest BCUT2D eigenvalue weighted by molar-refractivity contribution is 0.312. The maximum Gasteiger partial charge on any atom is 0.186 e. The van der Waals surface area contributed by atoms with E-state index in [9.17, 15) is 8.78 Å². The molecule has 0 atom stereocenters. The molecule has 80 valence electrons. The van der Waals surface area contributed by atoms with Gasteiger partial charge < -0.3 is 9.47 Å². The highest BCUT2D eigenvalue weighted by atomic mass is 19.1. The second kappa shape index (κ2) is 4.60. The second-order valence-corrected chi connectivity index (χ2v) is 2.62. The van der Waals surface area contributed by atoms with Gasteiger partial charge in [0.1, 0.15) is 11.6 Å². The molecule has 0 radical (unpaired) electrons. The molecule has 15 heavy (non-hydrogen) atoms. The van der Waals surface area contributed by atoms with Crippen molar-refractivity contribution in [2.75, 3.05) is 13.7 Å². The van der Waals surface area contributed by atoms with Gasteiger partial charge in [-0.05, 0) is 6.92 Å². The summed E-state index contributed by atoms with van der Waals surface area (Å²) in [7, 11) is 1.23. The zero-order valence-corrected chi connectivity index (χ0v) is 8.30. The Morgan fingerprint density at radius 1 is 1.33 bits per heavy atom. The first kappa shape index (κ1) is 11.2. The average Bonchev–Trinajstić information content (AvgIpc) is 2.23. The molecule has 0 aliphatic carbocycles. The maximum atomic E-state index is 13.4. The molecule has 1 rings (SSSR count). The topological polar surface area (TPSA) is 42.2 Å². The molecule has 0 heterocycles. The van der Waals surface area contributed by atoms with Crippen LogP contribution in [0.25, 0.3) is 0 Å². The molecule has 0 aliphatic heterocycles. The number of benzene rings is 1. The number of halogens is 2. The Kier molecular flexibility index (Phi) is 3.45. The molecule has 0 N–H and O–H groups in total. The number of nitrogens with zero attached hydrogens (tertiary/aromatic N) is 1. The molecular weight excluding hydrogens is 204 g/mol. The standard InChI is InChI=1S/C10H9F2NO2/c1-3-15-8-4-7(14-2)9(11)6(5-13)10(8)12/h4H,3H2,1-2H3. The second-order valence-electron chi connectivity index (χ2n) is 2.62. The van der Waals surface area contributed by atoms with E-state index in [1.54, 1.807) is 6.92 Å². The van der Waals surface area contributed by atoms with Crippen molar-refractivity contribution in [2.45, 2.75) is 6.92 Å². The molecule has 3 nitrogen and oxygen atoms in total. The highest BCUT2D eigenvalue weighted by Gasteiger charge is 2.19. The number of hydrogen-bond acceptors (Lipinski definition) is 3.